The number of rotatable bonds is 3. The number of carbonyl (C=O) groups is 1. The third-order valence-electron chi connectivity index (χ3n) is 5.68. The van der Waals surface area contributed by atoms with Gasteiger partial charge in [0.2, 0.25) is 0 Å². The topological polar surface area (TPSA) is 82.7 Å². The SMILES string of the molecule is CC(C)(C)c1cc(-c2ccc(NC(=O)Nc3cccc4ccccc34)cc2)c2cn[nH]c2n1. The minimum atomic E-state index is -0.282. The average Bonchev–Trinajstić information content (AvgIpc) is 3.28. The minimum Gasteiger partial charge on any atom is -0.308 e. The lowest BCUT2D eigenvalue weighted by Gasteiger charge is -2.19. The molecule has 5 rings (SSSR count). The Kier molecular flexibility index (Phi) is 5.05. The predicted molar refractivity (Wildman–Crippen MR) is 135 cm³/mol. The van der Waals surface area contributed by atoms with Crippen molar-refractivity contribution in [2.75, 3.05) is 10.6 Å². The van der Waals surface area contributed by atoms with Gasteiger partial charge in [0.25, 0.3) is 0 Å². The molecule has 0 radical (unpaired) electrons. The minimum absolute atomic E-state index is 0.0881. The van der Waals surface area contributed by atoms with E-state index in [1.165, 1.54) is 0 Å². The summed E-state index contributed by atoms with van der Waals surface area (Å²) in [6, 6.07) is 23.5. The maximum atomic E-state index is 12.6. The highest BCUT2D eigenvalue weighted by atomic mass is 16.2. The highest BCUT2D eigenvalue weighted by Gasteiger charge is 2.19. The molecule has 3 N–H and O–H groups in total. The first kappa shape index (κ1) is 20.7. The van der Waals surface area contributed by atoms with Crippen LogP contribution in [0.5, 0.6) is 0 Å². The molecule has 2 heterocycles. The van der Waals surface area contributed by atoms with E-state index in [9.17, 15) is 4.79 Å². The summed E-state index contributed by atoms with van der Waals surface area (Å²) in [5.41, 5.74) is 5.26. The van der Waals surface area contributed by atoms with Crippen LogP contribution >= 0.6 is 0 Å². The molecule has 164 valence electrons. The van der Waals surface area contributed by atoms with E-state index in [1.54, 1.807) is 6.20 Å². The Bertz CT molecular complexity index is 1460. The largest absolute Gasteiger partial charge is 0.323 e. The van der Waals surface area contributed by atoms with Crippen LogP contribution < -0.4 is 10.6 Å². The van der Waals surface area contributed by atoms with E-state index < -0.39 is 0 Å². The first-order chi connectivity index (χ1) is 15.9. The molecule has 2 amide bonds. The van der Waals surface area contributed by atoms with E-state index in [2.05, 4.69) is 47.7 Å². The van der Waals surface area contributed by atoms with Crippen LogP contribution in [0.1, 0.15) is 26.5 Å². The van der Waals surface area contributed by atoms with Gasteiger partial charge in [-0.1, -0.05) is 69.3 Å². The number of hydrogen-bond acceptors (Lipinski definition) is 3. The molecule has 5 aromatic rings. The Morgan fingerprint density at radius 1 is 0.879 bits per heavy atom. The fourth-order valence-electron chi connectivity index (χ4n) is 3.90. The summed E-state index contributed by atoms with van der Waals surface area (Å²) in [6.45, 7) is 6.43. The normalized spacial score (nSPS) is 11.6. The first-order valence-electron chi connectivity index (χ1n) is 10.9. The number of hydrogen-bond donors (Lipinski definition) is 3. The van der Waals surface area contributed by atoms with Crippen molar-refractivity contribution in [2.24, 2.45) is 0 Å². The third-order valence-corrected chi connectivity index (χ3v) is 5.68. The quantitative estimate of drug-likeness (QED) is 0.294. The van der Waals surface area contributed by atoms with Crippen LogP contribution in [0.25, 0.3) is 32.9 Å². The molecule has 0 saturated heterocycles. The van der Waals surface area contributed by atoms with Crippen molar-refractivity contribution in [3.63, 3.8) is 0 Å². The fraction of sp³-hybridized carbons (Fsp3) is 0.148. The zero-order valence-electron chi connectivity index (χ0n) is 18.8. The third kappa shape index (κ3) is 4.15. The summed E-state index contributed by atoms with van der Waals surface area (Å²) in [5, 5.41) is 16.1. The van der Waals surface area contributed by atoms with Gasteiger partial charge in [0.05, 0.1) is 11.9 Å². The van der Waals surface area contributed by atoms with Gasteiger partial charge in [0, 0.05) is 27.6 Å². The molecule has 0 bridgehead atoms. The average molecular weight is 436 g/mol. The lowest BCUT2D eigenvalue weighted by Crippen LogP contribution is -2.19. The first-order valence-corrected chi connectivity index (χ1v) is 10.9. The number of aromatic amines is 1. The second-order valence-corrected chi connectivity index (χ2v) is 9.12. The van der Waals surface area contributed by atoms with Gasteiger partial charge in [0.15, 0.2) is 5.65 Å². The van der Waals surface area contributed by atoms with Crippen molar-refractivity contribution < 1.29 is 4.79 Å². The molecule has 0 atom stereocenters. The molecular formula is C27H25N5O. The van der Waals surface area contributed by atoms with Gasteiger partial charge < -0.3 is 10.6 Å². The molecule has 6 heteroatoms. The zero-order chi connectivity index (χ0) is 23.0. The van der Waals surface area contributed by atoms with Crippen molar-refractivity contribution >= 4 is 39.2 Å². The van der Waals surface area contributed by atoms with Crippen molar-refractivity contribution in [2.45, 2.75) is 26.2 Å². The molecule has 0 aliphatic rings. The lowest BCUT2D eigenvalue weighted by molar-refractivity contribution is 0.262. The number of aromatic nitrogens is 3. The van der Waals surface area contributed by atoms with Crippen molar-refractivity contribution in [1.29, 1.82) is 0 Å². The number of fused-ring (bicyclic) bond motifs is 2. The summed E-state index contributed by atoms with van der Waals surface area (Å²) < 4.78 is 0. The van der Waals surface area contributed by atoms with Crippen molar-refractivity contribution in [3.8, 4) is 11.1 Å². The number of benzene rings is 3. The van der Waals surface area contributed by atoms with Gasteiger partial charge in [-0.2, -0.15) is 5.10 Å². The lowest BCUT2D eigenvalue weighted by atomic mass is 9.89. The van der Waals surface area contributed by atoms with E-state index >= 15 is 0 Å². The van der Waals surface area contributed by atoms with Gasteiger partial charge in [-0.15, -0.1) is 0 Å². The Labute approximate surface area is 192 Å². The molecule has 0 saturated carbocycles. The summed E-state index contributed by atoms with van der Waals surface area (Å²) in [4.78, 5) is 17.4. The molecular weight excluding hydrogens is 410 g/mol. The number of carbonyl (C=O) groups excluding carboxylic acids is 1. The maximum absolute atomic E-state index is 12.6. The van der Waals surface area contributed by atoms with Gasteiger partial charge in [-0.3, -0.25) is 5.10 Å². The zero-order valence-corrected chi connectivity index (χ0v) is 18.8. The second kappa shape index (κ2) is 8.06. The predicted octanol–water partition coefficient (Wildman–Crippen LogP) is 6.72. The van der Waals surface area contributed by atoms with Crippen molar-refractivity contribution in [1.82, 2.24) is 15.2 Å². The summed E-state index contributed by atoms with van der Waals surface area (Å²) in [5.74, 6) is 0. The van der Waals surface area contributed by atoms with Crippen molar-refractivity contribution in [3.05, 3.63) is 84.7 Å². The van der Waals surface area contributed by atoms with Crippen LogP contribution in [0, 0.1) is 0 Å². The van der Waals surface area contributed by atoms with E-state index in [-0.39, 0.29) is 11.4 Å². The van der Waals surface area contributed by atoms with E-state index in [0.717, 1.165) is 44.3 Å². The highest BCUT2D eigenvalue weighted by molar-refractivity contribution is 6.06. The van der Waals surface area contributed by atoms with Crippen LogP contribution in [-0.4, -0.2) is 21.2 Å². The monoisotopic (exact) mass is 435 g/mol. The Morgan fingerprint density at radius 3 is 2.42 bits per heavy atom. The molecule has 0 aliphatic heterocycles. The van der Waals surface area contributed by atoms with E-state index in [1.807, 2.05) is 66.7 Å². The molecule has 0 fully saturated rings. The molecule has 0 aliphatic carbocycles. The molecule has 0 unspecified atom stereocenters. The van der Waals surface area contributed by atoms with E-state index in [0.29, 0.717) is 5.69 Å². The van der Waals surface area contributed by atoms with Gasteiger partial charge in [-0.05, 0) is 40.8 Å². The van der Waals surface area contributed by atoms with Crippen LogP contribution in [0.15, 0.2) is 79.0 Å². The number of nitrogens with zero attached hydrogens (tertiary/aromatic N) is 2. The smallest absolute Gasteiger partial charge is 0.308 e. The van der Waals surface area contributed by atoms with Crippen LogP contribution in [0.2, 0.25) is 0 Å². The second-order valence-electron chi connectivity index (χ2n) is 9.12. The Balaban J connectivity index is 1.38. The van der Waals surface area contributed by atoms with Crippen LogP contribution in [-0.2, 0) is 5.41 Å². The standard InChI is InChI=1S/C27H25N5O/c1-27(2,3)24-15-21(22-16-28-32-25(22)31-24)18-11-13-19(14-12-18)29-26(33)30-23-10-6-8-17-7-4-5-9-20(17)23/h4-16H,1-3H3,(H,28,31,32)(H2,29,30,33). The number of urea groups is 1. The number of H-pyrrole nitrogens is 1. The maximum Gasteiger partial charge on any atom is 0.323 e. The molecule has 3 aromatic carbocycles. The van der Waals surface area contributed by atoms with Gasteiger partial charge in [-0.25, -0.2) is 9.78 Å². The Hall–Kier alpha value is -4.19. The van der Waals surface area contributed by atoms with Crippen LogP contribution in [0.4, 0.5) is 16.2 Å². The molecule has 6 nitrogen and oxygen atoms in total. The Morgan fingerprint density at radius 2 is 1.64 bits per heavy atom. The molecule has 0 spiro atoms. The summed E-state index contributed by atoms with van der Waals surface area (Å²) >= 11 is 0. The summed E-state index contributed by atoms with van der Waals surface area (Å²) in [7, 11) is 0. The van der Waals surface area contributed by atoms with E-state index in [4.69, 9.17) is 4.98 Å². The number of amides is 2. The number of nitrogens with one attached hydrogen (secondary N) is 3. The van der Waals surface area contributed by atoms with Gasteiger partial charge >= 0.3 is 6.03 Å². The number of anilines is 2. The van der Waals surface area contributed by atoms with Gasteiger partial charge in [0.1, 0.15) is 0 Å². The fourth-order valence-corrected chi connectivity index (χ4v) is 3.90. The summed E-state index contributed by atoms with van der Waals surface area (Å²) in [6.07, 6.45) is 1.80. The highest BCUT2D eigenvalue weighted by Crippen LogP contribution is 2.32. The number of pyridine rings is 1. The molecule has 33 heavy (non-hydrogen) atoms. The van der Waals surface area contributed by atoms with Crippen LogP contribution in [0.3, 0.4) is 0 Å². The molecule has 2 aromatic heterocycles.